The molecule has 0 saturated carbocycles. The van der Waals surface area contributed by atoms with Crippen molar-refractivity contribution in [3.05, 3.63) is 17.0 Å². The standard InChI is InChI=1S/C18H26N6OS/c1-5-7-9-15-13(3)20-17-21-18(22-24(17)14(15)4)26-12-16(25)23(6-2)11-8-10-19/h5-9,11-12H2,1-4H3. The summed E-state index contributed by atoms with van der Waals surface area (Å²) in [7, 11) is 0. The summed E-state index contributed by atoms with van der Waals surface area (Å²) < 4.78 is 1.78. The Labute approximate surface area is 158 Å². The summed E-state index contributed by atoms with van der Waals surface area (Å²) >= 11 is 1.31. The average molecular weight is 375 g/mol. The van der Waals surface area contributed by atoms with E-state index < -0.39 is 0 Å². The lowest BCUT2D eigenvalue weighted by Gasteiger charge is -2.18. The highest BCUT2D eigenvalue weighted by atomic mass is 32.2. The summed E-state index contributed by atoms with van der Waals surface area (Å²) in [6.45, 7) is 9.20. The van der Waals surface area contributed by atoms with E-state index in [1.54, 1.807) is 9.42 Å². The number of nitrogens with zero attached hydrogens (tertiary/aromatic N) is 6. The van der Waals surface area contributed by atoms with Crippen LogP contribution in [0, 0.1) is 25.2 Å². The third-order valence-corrected chi connectivity index (χ3v) is 5.18. The van der Waals surface area contributed by atoms with Gasteiger partial charge in [0, 0.05) is 24.5 Å². The Morgan fingerprint density at radius 1 is 1.31 bits per heavy atom. The van der Waals surface area contributed by atoms with Crippen LogP contribution < -0.4 is 0 Å². The number of aryl methyl sites for hydroxylation is 2. The van der Waals surface area contributed by atoms with Crippen LogP contribution >= 0.6 is 11.8 Å². The first-order valence-corrected chi connectivity index (χ1v) is 10.0. The zero-order valence-corrected chi connectivity index (χ0v) is 16.8. The Kier molecular flexibility index (Phi) is 7.39. The molecule has 0 aliphatic heterocycles. The zero-order valence-electron chi connectivity index (χ0n) is 15.9. The maximum absolute atomic E-state index is 12.3. The van der Waals surface area contributed by atoms with Gasteiger partial charge in [-0.2, -0.15) is 10.2 Å². The largest absolute Gasteiger partial charge is 0.341 e. The van der Waals surface area contributed by atoms with Gasteiger partial charge in [-0.3, -0.25) is 4.79 Å². The first kappa shape index (κ1) is 20.2. The monoisotopic (exact) mass is 374 g/mol. The van der Waals surface area contributed by atoms with Crippen molar-refractivity contribution in [1.29, 1.82) is 5.26 Å². The molecule has 7 nitrogen and oxygen atoms in total. The predicted octanol–water partition coefficient (Wildman–Crippen LogP) is 2.94. The second-order valence-corrected chi connectivity index (χ2v) is 7.08. The van der Waals surface area contributed by atoms with E-state index in [9.17, 15) is 4.79 Å². The fourth-order valence-electron chi connectivity index (χ4n) is 2.83. The van der Waals surface area contributed by atoms with Gasteiger partial charge in [0.15, 0.2) is 0 Å². The Bertz CT molecular complexity index is 810. The van der Waals surface area contributed by atoms with Crippen molar-refractivity contribution in [2.24, 2.45) is 0 Å². The van der Waals surface area contributed by atoms with Crippen molar-refractivity contribution < 1.29 is 4.79 Å². The Balaban J connectivity index is 2.12. The topological polar surface area (TPSA) is 87.2 Å². The molecular formula is C18H26N6OS. The molecular weight excluding hydrogens is 348 g/mol. The molecule has 8 heteroatoms. The van der Waals surface area contributed by atoms with Gasteiger partial charge >= 0.3 is 0 Å². The van der Waals surface area contributed by atoms with E-state index in [0.29, 0.717) is 30.4 Å². The number of carbonyl (C=O) groups is 1. The summed E-state index contributed by atoms with van der Waals surface area (Å²) in [6.07, 6.45) is 3.59. The highest BCUT2D eigenvalue weighted by molar-refractivity contribution is 7.99. The lowest BCUT2D eigenvalue weighted by Crippen LogP contribution is -2.33. The summed E-state index contributed by atoms with van der Waals surface area (Å²) in [4.78, 5) is 23.0. The van der Waals surface area contributed by atoms with Crippen LogP contribution in [0.25, 0.3) is 5.78 Å². The van der Waals surface area contributed by atoms with E-state index >= 15 is 0 Å². The SMILES string of the molecule is CCCCc1c(C)nc2nc(SCC(=O)N(CC)CCC#N)nn2c1C. The van der Waals surface area contributed by atoms with Gasteiger partial charge in [-0.05, 0) is 39.2 Å². The fraction of sp³-hybridized carbons (Fsp3) is 0.611. The molecule has 0 aromatic carbocycles. The maximum atomic E-state index is 12.3. The Hall–Kier alpha value is -2.14. The van der Waals surface area contributed by atoms with Crippen LogP contribution in [0.2, 0.25) is 0 Å². The first-order valence-electron chi connectivity index (χ1n) is 9.02. The molecule has 0 fully saturated rings. The van der Waals surface area contributed by atoms with Crippen LogP contribution in [0.4, 0.5) is 0 Å². The van der Waals surface area contributed by atoms with E-state index in [0.717, 1.165) is 30.7 Å². The molecule has 2 aromatic heterocycles. The number of unbranched alkanes of at least 4 members (excludes halogenated alkanes) is 1. The van der Waals surface area contributed by atoms with Crippen molar-refractivity contribution in [1.82, 2.24) is 24.5 Å². The minimum Gasteiger partial charge on any atom is -0.341 e. The third-order valence-electron chi connectivity index (χ3n) is 4.36. The molecule has 0 unspecified atom stereocenters. The van der Waals surface area contributed by atoms with Gasteiger partial charge in [0.1, 0.15) is 0 Å². The minimum absolute atomic E-state index is 0.00361. The van der Waals surface area contributed by atoms with Gasteiger partial charge < -0.3 is 4.90 Å². The van der Waals surface area contributed by atoms with Crippen molar-refractivity contribution in [2.45, 2.75) is 58.5 Å². The second kappa shape index (κ2) is 9.53. The van der Waals surface area contributed by atoms with Gasteiger partial charge in [-0.25, -0.2) is 9.50 Å². The number of aromatic nitrogens is 4. The maximum Gasteiger partial charge on any atom is 0.253 e. The highest BCUT2D eigenvalue weighted by Gasteiger charge is 2.16. The first-order chi connectivity index (χ1) is 12.5. The number of fused-ring (bicyclic) bond motifs is 1. The molecule has 1 amide bonds. The van der Waals surface area contributed by atoms with Crippen molar-refractivity contribution in [3.8, 4) is 6.07 Å². The Morgan fingerprint density at radius 3 is 2.73 bits per heavy atom. The van der Waals surface area contributed by atoms with Crippen molar-refractivity contribution >= 4 is 23.4 Å². The predicted molar refractivity (Wildman–Crippen MR) is 102 cm³/mol. The highest BCUT2D eigenvalue weighted by Crippen LogP contribution is 2.20. The smallest absolute Gasteiger partial charge is 0.253 e. The quantitative estimate of drug-likeness (QED) is 0.627. The lowest BCUT2D eigenvalue weighted by molar-refractivity contribution is -0.128. The molecule has 140 valence electrons. The summed E-state index contributed by atoms with van der Waals surface area (Å²) in [5.74, 6) is 0.833. The minimum atomic E-state index is -0.00361. The average Bonchev–Trinajstić information content (AvgIpc) is 3.03. The zero-order chi connectivity index (χ0) is 19.1. The van der Waals surface area contributed by atoms with Gasteiger partial charge in [0.25, 0.3) is 5.78 Å². The summed E-state index contributed by atoms with van der Waals surface area (Å²) in [5.41, 5.74) is 3.29. The Morgan fingerprint density at radius 2 is 2.08 bits per heavy atom. The van der Waals surface area contributed by atoms with Crippen LogP contribution in [-0.4, -0.2) is 49.2 Å². The van der Waals surface area contributed by atoms with E-state index in [4.69, 9.17) is 5.26 Å². The van der Waals surface area contributed by atoms with Gasteiger partial charge in [-0.15, -0.1) is 5.10 Å². The molecule has 26 heavy (non-hydrogen) atoms. The van der Waals surface area contributed by atoms with Gasteiger partial charge in [-0.1, -0.05) is 25.1 Å². The third kappa shape index (κ3) is 4.73. The van der Waals surface area contributed by atoms with E-state index in [2.05, 4.69) is 28.1 Å². The van der Waals surface area contributed by atoms with Gasteiger partial charge in [0.05, 0.1) is 18.2 Å². The number of amides is 1. The molecule has 0 atom stereocenters. The molecule has 2 heterocycles. The van der Waals surface area contributed by atoms with Crippen LogP contribution in [0.3, 0.4) is 0 Å². The normalized spacial score (nSPS) is 10.9. The molecule has 0 radical (unpaired) electrons. The molecule has 0 spiro atoms. The summed E-state index contributed by atoms with van der Waals surface area (Å²) in [5, 5.41) is 13.8. The van der Waals surface area contributed by atoms with Crippen molar-refractivity contribution in [2.75, 3.05) is 18.8 Å². The second-order valence-electron chi connectivity index (χ2n) is 6.14. The van der Waals surface area contributed by atoms with Crippen molar-refractivity contribution in [3.63, 3.8) is 0 Å². The summed E-state index contributed by atoms with van der Waals surface area (Å²) in [6, 6.07) is 2.07. The van der Waals surface area contributed by atoms with Crippen LogP contribution in [-0.2, 0) is 11.2 Å². The molecule has 0 bridgehead atoms. The molecule has 0 saturated heterocycles. The molecule has 0 N–H and O–H groups in total. The van der Waals surface area contributed by atoms with Crippen LogP contribution in [0.15, 0.2) is 5.16 Å². The number of carbonyl (C=O) groups excluding carboxylic acids is 1. The number of hydrogen-bond donors (Lipinski definition) is 0. The fourth-order valence-corrected chi connectivity index (χ4v) is 3.55. The van der Waals surface area contributed by atoms with E-state index in [1.807, 2.05) is 20.8 Å². The lowest BCUT2D eigenvalue weighted by atomic mass is 10.1. The van der Waals surface area contributed by atoms with Crippen LogP contribution in [0.1, 0.15) is 50.1 Å². The number of hydrogen-bond acceptors (Lipinski definition) is 6. The van der Waals surface area contributed by atoms with E-state index in [-0.39, 0.29) is 11.7 Å². The molecule has 0 aliphatic carbocycles. The molecule has 2 rings (SSSR count). The van der Waals surface area contributed by atoms with Crippen LogP contribution in [0.5, 0.6) is 0 Å². The molecule has 0 aliphatic rings. The number of rotatable bonds is 9. The number of thioether (sulfide) groups is 1. The molecule has 2 aromatic rings. The van der Waals surface area contributed by atoms with E-state index in [1.165, 1.54) is 17.3 Å². The number of nitriles is 1. The van der Waals surface area contributed by atoms with Gasteiger partial charge in [0.2, 0.25) is 11.1 Å².